The molecule has 6 atom stereocenters. The van der Waals surface area contributed by atoms with Gasteiger partial charge in [0, 0.05) is 0 Å². The maximum Gasteiger partial charge on any atom is -0.0326 e. The van der Waals surface area contributed by atoms with Crippen molar-refractivity contribution in [3.63, 3.8) is 0 Å². The third-order valence-corrected chi connectivity index (χ3v) is 8.09. The zero-order valence-corrected chi connectivity index (χ0v) is 13.5. The first-order chi connectivity index (χ1) is 9.84. The van der Waals surface area contributed by atoms with Crippen LogP contribution in [-0.2, 0) is 0 Å². The van der Waals surface area contributed by atoms with E-state index < -0.39 is 0 Å². The van der Waals surface area contributed by atoms with E-state index in [2.05, 4.69) is 6.92 Å². The first-order valence-corrected chi connectivity index (χ1v) is 9.84. The molecule has 0 bridgehead atoms. The maximum absolute atomic E-state index is 2.65. The van der Waals surface area contributed by atoms with E-state index >= 15 is 0 Å². The highest BCUT2D eigenvalue weighted by Gasteiger charge is 2.49. The van der Waals surface area contributed by atoms with Crippen molar-refractivity contribution in [2.24, 2.45) is 41.4 Å². The topological polar surface area (TPSA) is 0 Å². The standard InChI is InChI=1S/C20H34/c1-14(15-6-3-2-4-7-15)18-13-12-17-11-10-16-8-5-9-19(18)20(16)17/h14-20H,2-13H2,1H3. The van der Waals surface area contributed by atoms with Gasteiger partial charge < -0.3 is 0 Å². The van der Waals surface area contributed by atoms with Gasteiger partial charge >= 0.3 is 0 Å². The van der Waals surface area contributed by atoms with E-state index in [0.717, 1.165) is 35.5 Å². The first-order valence-electron chi connectivity index (χ1n) is 9.84. The van der Waals surface area contributed by atoms with E-state index in [1.807, 2.05) is 0 Å². The Kier molecular flexibility index (Phi) is 3.86. The van der Waals surface area contributed by atoms with Crippen LogP contribution in [0, 0.1) is 41.4 Å². The predicted octanol–water partition coefficient (Wildman–Crippen LogP) is 6.06. The van der Waals surface area contributed by atoms with Crippen molar-refractivity contribution in [3.8, 4) is 0 Å². The minimum atomic E-state index is 1.04. The molecule has 4 aliphatic rings. The average molecular weight is 274 g/mol. The molecular formula is C20H34. The van der Waals surface area contributed by atoms with E-state index in [1.54, 1.807) is 57.8 Å². The smallest absolute Gasteiger partial charge is 0.0326 e. The van der Waals surface area contributed by atoms with Crippen LogP contribution in [0.2, 0.25) is 0 Å². The molecule has 0 aliphatic heterocycles. The SMILES string of the molecule is CC(C1CCCCC1)C1CCC2CCC3CCCC1C32. The summed E-state index contributed by atoms with van der Waals surface area (Å²) in [7, 11) is 0. The Morgan fingerprint density at radius 3 is 2.15 bits per heavy atom. The van der Waals surface area contributed by atoms with Gasteiger partial charge in [-0.2, -0.15) is 0 Å². The molecule has 0 spiro atoms. The van der Waals surface area contributed by atoms with E-state index in [9.17, 15) is 0 Å². The van der Waals surface area contributed by atoms with Gasteiger partial charge in [-0.3, -0.25) is 0 Å². The van der Waals surface area contributed by atoms with Crippen LogP contribution in [0.1, 0.15) is 84.0 Å². The zero-order chi connectivity index (χ0) is 13.5. The summed E-state index contributed by atoms with van der Waals surface area (Å²) in [6.07, 6.45) is 18.8. The lowest BCUT2D eigenvalue weighted by atomic mass is 9.56. The highest BCUT2D eigenvalue weighted by atomic mass is 14.5. The molecule has 0 radical (unpaired) electrons. The third kappa shape index (κ3) is 2.26. The molecule has 0 nitrogen and oxygen atoms in total. The molecule has 0 heterocycles. The van der Waals surface area contributed by atoms with Gasteiger partial charge in [0.15, 0.2) is 0 Å². The predicted molar refractivity (Wildman–Crippen MR) is 85.5 cm³/mol. The third-order valence-electron chi connectivity index (χ3n) is 8.09. The highest BCUT2D eigenvalue weighted by Crippen LogP contribution is 2.58. The summed E-state index contributed by atoms with van der Waals surface area (Å²) < 4.78 is 0. The minimum absolute atomic E-state index is 1.04. The summed E-state index contributed by atoms with van der Waals surface area (Å²) in [5.41, 5.74) is 0. The summed E-state index contributed by atoms with van der Waals surface area (Å²) in [5.74, 6) is 7.87. The van der Waals surface area contributed by atoms with Crippen LogP contribution < -0.4 is 0 Å². The zero-order valence-electron chi connectivity index (χ0n) is 13.5. The molecule has 4 aliphatic carbocycles. The molecule has 20 heavy (non-hydrogen) atoms. The fourth-order valence-electron chi connectivity index (χ4n) is 7.16. The van der Waals surface area contributed by atoms with Gasteiger partial charge in [-0.1, -0.05) is 51.9 Å². The van der Waals surface area contributed by atoms with Crippen molar-refractivity contribution in [2.45, 2.75) is 84.0 Å². The van der Waals surface area contributed by atoms with Crippen LogP contribution >= 0.6 is 0 Å². The van der Waals surface area contributed by atoms with Gasteiger partial charge in [0.2, 0.25) is 0 Å². The molecule has 0 aromatic carbocycles. The Bertz CT molecular complexity index is 321. The van der Waals surface area contributed by atoms with Crippen LogP contribution in [0.15, 0.2) is 0 Å². The molecule has 4 rings (SSSR count). The fourth-order valence-corrected chi connectivity index (χ4v) is 7.16. The van der Waals surface area contributed by atoms with Crippen LogP contribution in [0.25, 0.3) is 0 Å². The average Bonchev–Trinajstić information content (AvgIpc) is 2.93. The van der Waals surface area contributed by atoms with Crippen molar-refractivity contribution in [3.05, 3.63) is 0 Å². The van der Waals surface area contributed by atoms with Crippen molar-refractivity contribution in [1.29, 1.82) is 0 Å². The molecule has 0 aromatic rings. The first kappa shape index (κ1) is 13.6. The van der Waals surface area contributed by atoms with E-state index in [-0.39, 0.29) is 0 Å². The lowest BCUT2D eigenvalue weighted by molar-refractivity contribution is 0.000130. The Labute approximate surface area is 126 Å². The number of rotatable bonds is 2. The molecule has 4 fully saturated rings. The lowest BCUT2D eigenvalue weighted by Crippen LogP contribution is -2.41. The molecule has 4 saturated carbocycles. The van der Waals surface area contributed by atoms with Crippen LogP contribution in [0.3, 0.4) is 0 Å². The van der Waals surface area contributed by atoms with E-state index in [0.29, 0.717) is 0 Å². The minimum Gasteiger partial charge on any atom is -0.0620 e. The van der Waals surface area contributed by atoms with Gasteiger partial charge in [-0.05, 0) is 73.5 Å². The summed E-state index contributed by atoms with van der Waals surface area (Å²) in [5, 5.41) is 0. The van der Waals surface area contributed by atoms with E-state index in [1.165, 1.54) is 25.2 Å². The van der Waals surface area contributed by atoms with Gasteiger partial charge in [-0.25, -0.2) is 0 Å². The van der Waals surface area contributed by atoms with E-state index in [4.69, 9.17) is 0 Å². The Hall–Kier alpha value is 0. The number of hydrogen-bond donors (Lipinski definition) is 0. The lowest BCUT2D eigenvalue weighted by Gasteiger charge is -2.49. The highest BCUT2D eigenvalue weighted by molar-refractivity contribution is 4.99. The molecule has 114 valence electrons. The second-order valence-electron chi connectivity index (χ2n) is 8.77. The molecule has 0 N–H and O–H groups in total. The molecule has 0 aromatic heterocycles. The summed E-state index contributed by atoms with van der Waals surface area (Å²) >= 11 is 0. The van der Waals surface area contributed by atoms with Crippen LogP contribution in [0.5, 0.6) is 0 Å². The normalized spacial score (nSPS) is 47.0. The van der Waals surface area contributed by atoms with Crippen molar-refractivity contribution >= 4 is 0 Å². The number of hydrogen-bond acceptors (Lipinski definition) is 0. The monoisotopic (exact) mass is 274 g/mol. The largest absolute Gasteiger partial charge is 0.0620 e. The van der Waals surface area contributed by atoms with Crippen molar-refractivity contribution in [2.75, 3.05) is 0 Å². The van der Waals surface area contributed by atoms with Crippen molar-refractivity contribution in [1.82, 2.24) is 0 Å². The second-order valence-corrected chi connectivity index (χ2v) is 8.77. The molecular weight excluding hydrogens is 240 g/mol. The van der Waals surface area contributed by atoms with Crippen molar-refractivity contribution < 1.29 is 0 Å². The maximum atomic E-state index is 2.65. The summed E-state index contributed by atoms with van der Waals surface area (Å²) in [6.45, 7) is 2.65. The summed E-state index contributed by atoms with van der Waals surface area (Å²) in [6, 6.07) is 0. The quantitative estimate of drug-likeness (QED) is 0.574. The molecule has 0 heteroatoms. The molecule has 6 unspecified atom stereocenters. The summed E-state index contributed by atoms with van der Waals surface area (Å²) in [4.78, 5) is 0. The fraction of sp³-hybridized carbons (Fsp3) is 1.00. The second kappa shape index (κ2) is 5.65. The van der Waals surface area contributed by atoms with Gasteiger partial charge in [0.25, 0.3) is 0 Å². The molecule has 0 saturated heterocycles. The van der Waals surface area contributed by atoms with Crippen LogP contribution in [0.4, 0.5) is 0 Å². The Balaban J connectivity index is 1.50. The van der Waals surface area contributed by atoms with Gasteiger partial charge in [0.05, 0.1) is 0 Å². The molecule has 0 amide bonds. The van der Waals surface area contributed by atoms with Crippen LogP contribution in [-0.4, -0.2) is 0 Å². The Morgan fingerprint density at radius 1 is 0.650 bits per heavy atom. The Morgan fingerprint density at radius 2 is 1.35 bits per heavy atom. The van der Waals surface area contributed by atoms with Gasteiger partial charge in [-0.15, -0.1) is 0 Å². The van der Waals surface area contributed by atoms with Gasteiger partial charge in [0.1, 0.15) is 0 Å².